The van der Waals surface area contributed by atoms with Crippen LogP contribution in [0.5, 0.6) is 0 Å². The van der Waals surface area contributed by atoms with Gasteiger partial charge in [0.25, 0.3) is 0 Å². The molecule has 0 saturated carbocycles. The number of aromatic nitrogens is 2. The molecule has 0 atom stereocenters. The molecule has 0 bridgehead atoms. The van der Waals surface area contributed by atoms with Gasteiger partial charge in [-0.3, -0.25) is 4.98 Å². The first kappa shape index (κ1) is 40.3. The van der Waals surface area contributed by atoms with E-state index in [1.54, 1.807) is 36.5 Å². The molecule has 8 aromatic carbocycles. The zero-order valence-corrected chi connectivity index (χ0v) is 34.5. The lowest BCUT2D eigenvalue weighted by Crippen LogP contribution is -2.07. The topological polar surface area (TPSA) is 287 Å². The van der Waals surface area contributed by atoms with Crippen molar-refractivity contribution in [2.24, 2.45) is 0 Å². The van der Waals surface area contributed by atoms with E-state index in [1.807, 2.05) is 103 Å². The van der Waals surface area contributed by atoms with E-state index in [2.05, 4.69) is 23.2 Å². The largest absolute Gasteiger partial charge is 0.254 e. The van der Waals surface area contributed by atoms with Crippen molar-refractivity contribution in [2.75, 3.05) is 0 Å². The van der Waals surface area contributed by atoms with Crippen LogP contribution in [0, 0.1) is 125 Å². The second kappa shape index (κ2) is 15.3. The highest BCUT2D eigenvalue weighted by Crippen LogP contribution is 2.52. The smallest absolute Gasteiger partial charge is 0.102 e. The summed E-state index contributed by atoms with van der Waals surface area (Å²) < 4.78 is 0. The number of rotatable bonds is 2. The molecule has 0 saturated heterocycles. The highest BCUT2D eigenvalue weighted by atomic mass is 14.8. The Morgan fingerprint density at radius 3 is 1.01 bits per heavy atom. The Labute approximate surface area is 383 Å². The number of fused-ring (bicyclic) bond motifs is 11. The Kier molecular flexibility index (Phi) is 9.06. The average Bonchev–Trinajstić information content (AvgIpc) is 3.39. The van der Waals surface area contributed by atoms with Crippen LogP contribution in [0.1, 0.15) is 61.2 Å². The normalized spacial score (nSPS) is 10.5. The zero-order chi connectivity index (χ0) is 47.5. The van der Waals surface area contributed by atoms with Crippen molar-refractivity contribution in [2.45, 2.75) is 0 Å². The Balaban J connectivity index is 1.54. The maximum Gasteiger partial charge on any atom is 0.102 e. The van der Waals surface area contributed by atoms with Gasteiger partial charge >= 0.3 is 0 Å². The first-order valence-corrected chi connectivity index (χ1v) is 20.1. The summed E-state index contributed by atoms with van der Waals surface area (Å²) >= 11 is 0. The Morgan fingerprint density at radius 1 is 0.279 bits per heavy atom. The van der Waals surface area contributed by atoms with Gasteiger partial charge in [0.05, 0.1) is 77.9 Å². The van der Waals surface area contributed by atoms with Crippen molar-refractivity contribution in [3.05, 3.63) is 152 Å². The van der Waals surface area contributed by atoms with Crippen LogP contribution in [-0.4, -0.2) is 9.97 Å². The van der Waals surface area contributed by atoms with Crippen LogP contribution in [0.2, 0.25) is 0 Å². The molecule has 2 aromatic heterocycles. The minimum Gasteiger partial charge on any atom is -0.254 e. The third-order valence-corrected chi connectivity index (χ3v) is 12.3. The molecule has 0 amide bonds. The molecule has 10 rings (SSSR count). The Hall–Kier alpha value is -11.7. The standard InChI is InChI=1S/C55H15N13/c56-16-33-34(17-57)39(22-62)50-48(37(33)20-60)49-38(21-61)35(18-58)36(19-59)40(23-63)51(49)53-43(26-66)47(41(24-64)42(25-65)52(50)53)46-31-9-3-1-7-29(31)45(30-8-2-4-10-32(30)46)44-14-13-28-12-11-27-6-5-15-67-54(27)55(28)68-44/h1-15H. The fourth-order valence-electron chi connectivity index (χ4n) is 9.77. The average molecular weight is 858 g/mol. The minimum absolute atomic E-state index is 0.0845. The van der Waals surface area contributed by atoms with Crippen molar-refractivity contribution in [3.8, 4) is 89.1 Å². The van der Waals surface area contributed by atoms with Crippen molar-refractivity contribution in [1.29, 1.82) is 57.9 Å². The quantitative estimate of drug-likeness (QED) is 0.116. The molecule has 0 spiro atoms. The number of benzene rings is 8. The fraction of sp³-hybridized carbons (Fsp3) is 0. The zero-order valence-electron chi connectivity index (χ0n) is 34.5. The van der Waals surface area contributed by atoms with Gasteiger partial charge in [-0.15, -0.1) is 0 Å². The molecule has 0 aliphatic heterocycles. The number of nitrogens with zero attached hydrogens (tertiary/aromatic N) is 13. The lowest BCUT2D eigenvalue weighted by Gasteiger charge is -2.23. The molecular formula is C55H15N13. The van der Waals surface area contributed by atoms with Crippen LogP contribution in [0.15, 0.2) is 91.1 Å². The second-order valence-corrected chi connectivity index (χ2v) is 15.2. The molecule has 0 fully saturated rings. The van der Waals surface area contributed by atoms with E-state index in [9.17, 15) is 57.9 Å². The molecule has 13 nitrogen and oxygen atoms in total. The molecule has 300 valence electrons. The summed E-state index contributed by atoms with van der Waals surface area (Å²) in [5.74, 6) is 0. The molecular weight excluding hydrogens is 843 g/mol. The molecule has 0 unspecified atom stereocenters. The van der Waals surface area contributed by atoms with Crippen LogP contribution >= 0.6 is 0 Å². The molecule has 0 radical (unpaired) electrons. The number of nitriles is 11. The van der Waals surface area contributed by atoms with Crippen LogP contribution < -0.4 is 0 Å². The van der Waals surface area contributed by atoms with E-state index in [0.717, 1.165) is 10.8 Å². The number of pyridine rings is 2. The third-order valence-electron chi connectivity index (χ3n) is 12.3. The van der Waals surface area contributed by atoms with E-state index in [1.165, 1.54) is 0 Å². The van der Waals surface area contributed by atoms with Gasteiger partial charge < -0.3 is 0 Å². The van der Waals surface area contributed by atoms with E-state index < -0.39 is 50.1 Å². The molecule has 13 heteroatoms. The predicted molar refractivity (Wildman–Crippen MR) is 247 cm³/mol. The first-order valence-electron chi connectivity index (χ1n) is 20.1. The predicted octanol–water partition coefficient (Wildman–Crippen LogP) is 10.5. The van der Waals surface area contributed by atoms with Crippen LogP contribution in [0.3, 0.4) is 0 Å². The van der Waals surface area contributed by atoms with Gasteiger partial charge in [-0.05, 0) is 33.7 Å². The first-order chi connectivity index (χ1) is 33.3. The van der Waals surface area contributed by atoms with E-state index in [-0.39, 0.29) is 49.0 Å². The highest BCUT2D eigenvalue weighted by Gasteiger charge is 2.35. The van der Waals surface area contributed by atoms with Crippen molar-refractivity contribution >= 4 is 75.7 Å². The Bertz CT molecular complexity index is 4510. The molecule has 10 aromatic rings. The molecule has 68 heavy (non-hydrogen) atoms. The maximum absolute atomic E-state index is 11.6. The van der Waals surface area contributed by atoms with E-state index in [0.29, 0.717) is 49.4 Å². The summed E-state index contributed by atoms with van der Waals surface area (Å²) in [5, 5.41) is 122. The van der Waals surface area contributed by atoms with Crippen LogP contribution in [-0.2, 0) is 0 Å². The van der Waals surface area contributed by atoms with Crippen molar-refractivity contribution in [1.82, 2.24) is 9.97 Å². The van der Waals surface area contributed by atoms with E-state index in [4.69, 9.17) is 4.98 Å². The highest BCUT2D eigenvalue weighted by molar-refractivity contribution is 6.35. The second-order valence-electron chi connectivity index (χ2n) is 15.2. The lowest BCUT2D eigenvalue weighted by atomic mass is 9.75. The third kappa shape index (κ3) is 5.13. The molecule has 0 aliphatic rings. The van der Waals surface area contributed by atoms with Gasteiger partial charge in [0.1, 0.15) is 66.8 Å². The summed E-state index contributed by atoms with van der Waals surface area (Å²) in [6.07, 6.45) is 1.69. The number of hydrogen-bond donors (Lipinski definition) is 0. The van der Waals surface area contributed by atoms with Gasteiger partial charge in [-0.2, -0.15) is 57.9 Å². The van der Waals surface area contributed by atoms with E-state index >= 15 is 0 Å². The fourth-order valence-corrected chi connectivity index (χ4v) is 9.77. The maximum atomic E-state index is 11.6. The molecule has 0 N–H and O–H groups in total. The van der Waals surface area contributed by atoms with Crippen molar-refractivity contribution in [3.63, 3.8) is 0 Å². The van der Waals surface area contributed by atoms with Crippen LogP contribution in [0.4, 0.5) is 0 Å². The van der Waals surface area contributed by atoms with Gasteiger partial charge in [-0.25, -0.2) is 4.98 Å². The minimum atomic E-state index is -0.579. The number of hydrogen-bond acceptors (Lipinski definition) is 13. The summed E-state index contributed by atoms with van der Waals surface area (Å²) in [5.41, 5.74) is -2.77. The van der Waals surface area contributed by atoms with Crippen LogP contribution in [0.25, 0.3) is 98.1 Å². The monoisotopic (exact) mass is 857 g/mol. The van der Waals surface area contributed by atoms with Crippen molar-refractivity contribution < 1.29 is 0 Å². The SMILES string of the molecule is N#Cc1c(C#N)c(C#N)c2c(c1C#N)c1c(C#N)c(C#N)c(C#N)c(C#N)c1c1c(C#N)c(-c3c4ccccc4c(-c4ccc5ccc6cccnc6c5n4)c4ccccc34)c(C#N)c(C#N)c21. The molecule has 2 heterocycles. The van der Waals surface area contributed by atoms with Gasteiger partial charge in [-0.1, -0.05) is 72.8 Å². The van der Waals surface area contributed by atoms with Gasteiger partial charge in [0, 0.05) is 66.0 Å². The summed E-state index contributed by atoms with van der Waals surface area (Å²) in [6, 6.07) is 47.4. The lowest BCUT2D eigenvalue weighted by molar-refractivity contribution is 1.38. The molecule has 0 aliphatic carbocycles. The van der Waals surface area contributed by atoms with Gasteiger partial charge in [0.15, 0.2) is 0 Å². The summed E-state index contributed by atoms with van der Waals surface area (Å²) in [7, 11) is 0. The Morgan fingerprint density at radius 2 is 0.618 bits per heavy atom. The summed E-state index contributed by atoms with van der Waals surface area (Å²) in [6.45, 7) is 0. The summed E-state index contributed by atoms with van der Waals surface area (Å²) in [4.78, 5) is 9.83. The van der Waals surface area contributed by atoms with Gasteiger partial charge in [0.2, 0.25) is 0 Å².